The molecule has 1 aliphatic heterocycles. The van der Waals surface area contributed by atoms with Crippen molar-refractivity contribution < 1.29 is 0 Å². The van der Waals surface area contributed by atoms with Gasteiger partial charge in [0.2, 0.25) is 0 Å². The highest BCUT2D eigenvalue weighted by atomic mass is 15.2. The summed E-state index contributed by atoms with van der Waals surface area (Å²) in [5, 5.41) is 3.53. The van der Waals surface area contributed by atoms with Crippen LogP contribution in [0.2, 0.25) is 0 Å². The van der Waals surface area contributed by atoms with Gasteiger partial charge in [-0.1, -0.05) is 6.92 Å². The lowest BCUT2D eigenvalue weighted by atomic mass is 10.3. The zero-order valence-corrected chi connectivity index (χ0v) is 8.05. The van der Waals surface area contributed by atoms with E-state index in [1.165, 1.54) is 38.9 Å². The lowest BCUT2D eigenvalue weighted by molar-refractivity contribution is 0.315. The van der Waals surface area contributed by atoms with Gasteiger partial charge in [0.1, 0.15) is 0 Å². The van der Waals surface area contributed by atoms with Gasteiger partial charge < -0.3 is 10.2 Å². The Morgan fingerprint density at radius 3 is 2.83 bits per heavy atom. The molecular weight excluding hydrogens is 148 g/mol. The van der Waals surface area contributed by atoms with Gasteiger partial charge in [-0.3, -0.25) is 0 Å². The standard InChI is InChI=1S/C10H20N2/c1-2-11-10-5-6-12(8-10)7-9-3-4-9/h9-11H,2-8H2,1H3. The maximum Gasteiger partial charge on any atom is 0.0207 e. The highest BCUT2D eigenvalue weighted by molar-refractivity contribution is 4.85. The topological polar surface area (TPSA) is 15.3 Å². The Labute approximate surface area is 75.3 Å². The molecule has 0 spiro atoms. The minimum absolute atomic E-state index is 0.786. The normalized spacial score (nSPS) is 31.2. The Balaban J connectivity index is 1.66. The van der Waals surface area contributed by atoms with E-state index in [1.54, 1.807) is 0 Å². The predicted molar refractivity (Wildman–Crippen MR) is 51.2 cm³/mol. The van der Waals surface area contributed by atoms with Crippen LogP contribution >= 0.6 is 0 Å². The smallest absolute Gasteiger partial charge is 0.0207 e. The third kappa shape index (κ3) is 2.20. The third-order valence-electron chi connectivity index (χ3n) is 2.98. The molecule has 1 aliphatic carbocycles. The average molecular weight is 168 g/mol. The summed E-state index contributed by atoms with van der Waals surface area (Å²) >= 11 is 0. The van der Waals surface area contributed by atoms with Crippen LogP contribution in [0.4, 0.5) is 0 Å². The number of nitrogens with one attached hydrogen (secondary N) is 1. The summed E-state index contributed by atoms with van der Waals surface area (Å²) in [6, 6.07) is 0.786. The zero-order chi connectivity index (χ0) is 8.39. The van der Waals surface area contributed by atoms with Crippen LogP contribution in [-0.2, 0) is 0 Å². The van der Waals surface area contributed by atoms with E-state index in [-0.39, 0.29) is 0 Å². The Hall–Kier alpha value is -0.0800. The molecule has 2 aliphatic rings. The molecule has 2 rings (SSSR count). The van der Waals surface area contributed by atoms with E-state index >= 15 is 0 Å². The fourth-order valence-corrected chi connectivity index (χ4v) is 2.12. The van der Waals surface area contributed by atoms with Crippen molar-refractivity contribution in [2.75, 3.05) is 26.2 Å². The molecule has 12 heavy (non-hydrogen) atoms. The number of nitrogens with zero attached hydrogens (tertiary/aromatic N) is 1. The molecule has 0 aromatic carbocycles. The Bertz CT molecular complexity index is 143. The monoisotopic (exact) mass is 168 g/mol. The fraction of sp³-hybridized carbons (Fsp3) is 1.00. The molecule has 1 N–H and O–H groups in total. The maximum atomic E-state index is 3.53. The van der Waals surface area contributed by atoms with E-state index in [4.69, 9.17) is 0 Å². The molecule has 1 heterocycles. The summed E-state index contributed by atoms with van der Waals surface area (Å²) in [7, 11) is 0. The molecule has 0 aromatic rings. The van der Waals surface area contributed by atoms with E-state index in [9.17, 15) is 0 Å². The first-order valence-electron chi connectivity index (χ1n) is 5.34. The second kappa shape index (κ2) is 3.75. The second-order valence-corrected chi connectivity index (χ2v) is 4.25. The summed E-state index contributed by atoms with van der Waals surface area (Å²) in [6.45, 7) is 7.33. The van der Waals surface area contributed by atoms with Crippen molar-refractivity contribution in [1.82, 2.24) is 10.2 Å². The first kappa shape index (κ1) is 8.52. The van der Waals surface area contributed by atoms with Gasteiger partial charge in [0.25, 0.3) is 0 Å². The minimum atomic E-state index is 0.786. The van der Waals surface area contributed by atoms with Crippen molar-refractivity contribution in [3.8, 4) is 0 Å². The summed E-state index contributed by atoms with van der Waals surface area (Å²) in [5.74, 6) is 1.06. The SMILES string of the molecule is CCNC1CCN(CC2CC2)C1. The van der Waals surface area contributed by atoms with E-state index in [1.807, 2.05) is 0 Å². The number of likely N-dealkylation sites (N-methyl/N-ethyl adjacent to an activating group) is 1. The van der Waals surface area contributed by atoms with Crippen LogP contribution in [0.3, 0.4) is 0 Å². The van der Waals surface area contributed by atoms with E-state index in [0.717, 1.165) is 18.5 Å². The van der Waals surface area contributed by atoms with Gasteiger partial charge in [-0.2, -0.15) is 0 Å². The molecule has 1 unspecified atom stereocenters. The lowest BCUT2D eigenvalue weighted by Gasteiger charge is -2.15. The van der Waals surface area contributed by atoms with E-state index in [0.29, 0.717) is 0 Å². The van der Waals surface area contributed by atoms with Gasteiger partial charge in [0.05, 0.1) is 0 Å². The highest BCUT2D eigenvalue weighted by Crippen LogP contribution is 2.30. The molecule has 0 radical (unpaired) electrons. The number of hydrogen-bond donors (Lipinski definition) is 1. The van der Waals surface area contributed by atoms with Crippen molar-refractivity contribution in [1.29, 1.82) is 0 Å². The Morgan fingerprint density at radius 2 is 2.17 bits per heavy atom. The van der Waals surface area contributed by atoms with Crippen LogP contribution in [0.5, 0.6) is 0 Å². The Morgan fingerprint density at radius 1 is 1.33 bits per heavy atom. The van der Waals surface area contributed by atoms with Crippen molar-refractivity contribution in [2.45, 2.75) is 32.2 Å². The van der Waals surface area contributed by atoms with E-state index in [2.05, 4.69) is 17.1 Å². The van der Waals surface area contributed by atoms with Crippen LogP contribution in [0.15, 0.2) is 0 Å². The molecule has 0 aromatic heterocycles. The fourth-order valence-electron chi connectivity index (χ4n) is 2.12. The highest BCUT2D eigenvalue weighted by Gasteiger charge is 2.28. The van der Waals surface area contributed by atoms with Crippen LogP contribution in [0.25, 0.3) is 0 Å². The predicted octanol–water partition coefficient (Wildman–Crippen LogP) is 1.08. The lowest BCUT2D eigenvalue weighted by Crippen LogP contribution is -2.32. The van der Waals surface area contributed by atoms with E-state index < -0.39 is 0 Å². The summed E-state index contributed by atoms with van der Waals surface area (Å²) in [4.78, 5) is 2.63. The summed E-state index contributed by atoms with van der Waals surface area (Å²) < 4.78 is 0. The number of hydrogen-bond acceptors (Lipinski definition) is 2. The van der Waals surface area contributed by atoms with Crippen LogP contribution < -0.4 is 5.32 Å². The average Bonchev–Trinajstić information content (AvgIpc) is 2.74. The molecule has 1 saturated heterocycles. The largest absolute Gasteiger partial charge is 0.313 e. The van der Waals surface area contributed by atoms with Crippen molar-refractivity contribution in [3.05, 3.63) is 0 Å². The molecule has 70 valence electrons. The van der Waals surface area contributed by atoms with Gasteiger partial charge in [-0.25, -0.2) is 0 Å². The summed E-state index contributed by atoms with van der Waals surface area (Å²) in [5.41, 5.74) is 0. The van der Waals surface area contributed by atoms with Crippen LogP contribution in [-0.4, -0.2) is 37.1 Å². The number of rotatable bonds is 4. The third-order valence-corrected chi connectivity index (χ3v) is 2.98. The van der Waals surface area contributed by atoms with Crippen molar-refractivity contribution in [2.24, 2.45) is 5.92 Å². The molecule has 2 heteroatoms. The molecule has 0 bridgehead atoms. The summed E-state index contributed by atoms with van der Waals surface area (Å²) in [6.07, 6.45) is 4.34. The molecule has 1 atom stereocenters. The van der Waals surface area contributed by atoms with Crippen molar-refractivity contribution >= 4 is 0 Å². The first-order valence-corrected chi connectivity index (χ1v) is 5.34. The van der Waals surface area contributed by atoms with Gasteiger partial charge in [0, 0.05) is 19.1 Å². The second-order valence-electron chi connectivity index (χ2n) is 4.25. The van der Waals surface area contributed by atoms with Gasteiger partial charge in [-0.05, 0) is 38.3 Å². The van der Waals surface area contributed by atoms with Gasteiger partial charge >= 0.3 is 0 Å². The maximum absolute atomic E-state index is 3.53. The molecule has 0 amide bonds. The Kier molecular flexibility index (Phi) is 2.66. The van der Waals surface area contributed by atoms with Gasteiger partial charge in [-0.15, -0.1) is 0 Å². The molecule has 2 fully saturated rings. The molecular formula is C10H20N2. The first-order chi connectivity index (χ1) is 5.88. The quantitative estimate of drug-likeness (QED) is 0.676. The molecule has 1 saturated carbocycles. The molecule has 2 nitrogen and oxygen atoms in total. The minimum Gasteiger partial charge on any atom is -0.313 e. The zero-order valence-electron chi connectivity index (χ0n) is 8.05. The van der Waals surface area contributed by atoms with Crippen LogP contribution in [0.1, 0.15) is 26.2 Å². The van der Waals surface area contributed by atoms with Gasteiger partial charge in [0.15, 0.2) is 0 Å². The van der Waals surface area contributed by atoms with Crippen molar-refractivity contribution in [3.63, 3.8) is 0 Å². The number of likely N-dealkylation sites (tertiary alicyclic amines) is 1. The van der Waals surface area contributed by atoms with Crippen LogP contribution in [0, 0.1) is 5.92 Å².